The Morgan fingerprint density at radius 1 is 1.27 bits per heavy atom. The van der Waals surface area contributed by atoms with Crippen molar-refractivity contribution in [3.63, 3.8) is 0 Å². The third kappa shape index (κ3) is 3.30. The van der Waals surface area contributed by atoms with E-state index in [0.29, 0.717) is 5.96 Å². The lowest BCUT2D eigenvalue weighted by molar-refractivity contribution is -0.510. The second kappa shape index (κ2) is 7.21. The van der Waals surface area contributed by atoms with Crippen LogP contribution < -0.4 is 15.6 Å². The van der Waals surface area contributed by atoms with Crippen LogP contribution in [0.15, 0.2) is 60.0 Å². The SMILES string of the molecule is Cn1c(-c2ccc(/C=N/NC(N)=[N+]3CCSC3)cc2)c[n+]2ccccc12. The summed E-state index contributed by atoms with van der Waals surface area (Å²) in [6.07, 6.45) is 5.99. The number of imidazole rings is 1. The van der Waals surface area contributed by atoms with Crippen LogP contribution in [0, 0.1) is 0 Å². The minimum atomic E-state index is 0.607. The zero-order valence-electron chi connectivity index (χ0n) is 14.7. The third-order valence-corrected chi connectivity index (χ3v) is 5.49. The predicted molar refractivity (Wildman–Crippen MR) is 106 cm³/mol. The summed E-state index contributed by atoms with van der Waals surface area (Å²) in [5.41, 5.74) is 13.4. The van der Waals surface area contributed by atoms with Gasteiger partial charge in [-0.15, -0.1) is 16.9 Å². The van der Waals surface area contributed by atoms with Gasteiger partial charge in [-0.25, -0.2) is 8.97 Å². The van der Waals surface area contributed by atoms with Gasteiger partial charge in [-0.3, -0.25) is 10.3 Å². The van der Waals surface area contributed by atoms with Crippen molar-refractivity contribution in [2.75, 3.05) is 18.2 Å². The highest BCUT2D eigenvalue weighted by molar-refractivity contribution is 7.99. The lowest BCUT2D eigenvalue weighted by Gasteiger charge is -2.00. The van der Waals surface area contributed by atoms with Gasteiger partial charge in [-0.2, -0.15) is 5.43 Å². The van der Waals surface area contributed by atoms with E-state index < -0.39 is 0 Å². The van der Waals surface area contributed by atoms with E-state index in [4.69, 9.17) is 5.73 Å². The molecule has 1 aliphatic heterocycles. The van der Waals surface area contributed by atoms with Crippen molar-refractivity contribution < 1.29 is 8.98 Å². The van der Waals surface area contributed by atoms with Crippen molar-refractivity contribution in [3.05, 3.63) is 60.4 Å². The van der Waals surface area contributed by atoms with Crippen molar-refractivity contribution in [1.29, 1.82) is 0 Å². The number of rotatable bonds is 3. The monoisotopic (exact) mass is 366 g/mol. The maximum Gasteiger partial charge on any atom is 0.368 e. The Labute approximate surface area is 156 Å². The highest BCUT2D eigenvalue weighted by Crippen LogP contribution is 2.19. The predicted octanol–water partition coefficient (Wildman–Crippen LogP) is 1.39. The molecule has 4 rings (SSSR count). The molecule has 0 radical (unpaired) electrons. The zero-order chi connectivity index (χ0) is 17.9. The molecule has 0 atom stereocenters. The summed E-state index contributed by atoms with van der Waals surface area (Å²) in [5, 5.41) is 4.24. The molecule has 7 heteroatoms. The van der Waals surface area contributed by atoms with Crippen LogP contribution in [0.25, 0.3) is 16.9 Å². The van der Waals surface area contributed by atoms with Crippen molar-refractivity contribution in [2.24, 2.45) is 17.9 Å². The Morgan fingerprint density at radius 2 is 2.12 bits per heavy atom. The fourth-order valence-corrected chi connectivity index (χ4v) is 4.01. The second-order valence-electron chi connectivity index (χ2n) is 6.22. The van der Waals surface area contributed by atoms with E-state index in [1.54, 1.807) is 6.21 Å². The van der Waals surface area contributed by atoms with Crippen LogP contribution in [0.5, 0.6) is 0 Å². The number of hydrogen-bond acceptors (Lipinski definition) is 2. The van der Waals surface area contributed by atoms with Crippen LogP contribution in [0.2, 0.25) is 0 Å². The highest BCUT2D eigenvalue weighted by atomic mass is 32.2. The summed E-state index contributed by atoms with van der Waals surface area (Å²) in [7, 11) is 2.08. The maximum atomic E-state index is 6.00. The van der Waals surface area contributed by atoms with Crippen molar-refractivity contribution in [3.8, 4) is 11.3 Å². The molecule has 0 spiro atoms. The van der Waals surface area contributed by atoms with E-state index in [2.05, 4.69) is 79.9 Å². The number of hydrazone groups is 1. The fourth-order valence-electron chi connectivity index (χ4n) is 3.04. The Hall–Kier alpha value is -2.80. The van der Waals surface area contributed by atoms with Gasteiger partial charge in [0.15, 0.2) is 5.69 Å². The lowest BCUT2D eigenvalue weighted by atomic mass is 10.1. The number of guanidine groups is 1. The zero-order valence-corrected chi connectivity index (χ0v) is 15.5. The largest absolute Gasteiger partial charge is 0.368 e. The van der Waals surface area contributed by atoms with E-state index >= 15 is 0 Å². The molecule has 26 heavy (non-hydrogen) atoms. The van der Waals surface area contributed by atoms with E-state index in [9.17, 15) is 0 Å². The average molecular weight is 366 g/mol. The second-order valence-corrected chi connectivity index (χ2v) is 7.29. The molecule has 1 aromatic carbocycles. The number of benzene rings is 1. The van der Waals surface area contributed by atoms with Crippen LogP contribution in [0.4, 0.5) is 0 Å². The van der Waals surface area contributed by atoms with Crippen LogP contribution in [0.1, 0.15) is 5.56 Å². The molecule has 0 amide bonds. The molecule has 3 heterocycles. The molecule has 3 N–H and O–H groups in total. The number of nitrogens with one attached hydrogen (secondary N) is 1. The van der Waals surface area contributed by atoms with Crippen molar-refractivity contribution >= 4 is 29.6 Å². The van der Waals surface area contributed by atoms with Gasteiger partial charge in [0.2, 0.25) is 0 Å². The summed E-state index contributed by atoms with van der Waals surface area (Å²) in [6.45, 7) is 0.969. The number of thioether (sulfide) groups is 1. The number of nitrogens with two attached hydrogens (primary N) is 1. The number of nitrogens with zero attached hydrogens (tertiary/aromatic N) is 4. The number of pyridine rings is 1. The van der Waals surface area contributed by atoms with Gasteiger partial charge in [0.1, 0.15) is 12.1 Å². The maximum absolute atomic E-state index is 6.00. The van der Waals surface area contributed by atoms with Gasteiger partial charge in [0.25, 0.3) is 5.65 Å². The Balaban J connectivity index is 1.50. The van der Waals surface area contributed by atoms with Gasteiger partial charge in [0, 0.05) is 17.4 Å². The lowest BCUT2D eigenvalue weighted by Crippen LogP contribution is -2.37. The molecule has 0 aliphatic carbocycles. The quantitative estimate of drug-likeness (QED) is 0.319. The van der Waals surface area contributed by atoms with Gasteiger partial charge < -0.3 is 0 Å². The first kappa shape index (κ1) is 16.7. The molecule has 6 nitrogen and oxygen atoms in total. The van der Waals surface area contributed by atoms with Gasteiger partial charge >= 0.3 is 5.96 Å². The minimum absolute atomic E-state index is 0.607. The molecular formula is C19H22N6S+2. The number of aromatic nitrogens is 2. The Kier molecular flexibility index (Phi) is 4.62. The summed E-state index contributed by atoms with van der Waals surface area (Å²) >= 11 is 1.87. The van der Waals surface area contributed by atoms with Gasteiger partial charge in [-0.05, 0) is 23.8 Å². The molecule has 0 bridgehead atoms. The minimum Gasteiger partial charge on any atom is -0.289 e. The molecule has 3 aromatic rings. The molecule has 0 saturated carbocycles. The average Bonchev–Trinajstić information content (AvgIpc) is 3.31. The Morgan fingerprint density at radius 3 is 2.85 bits per heavy atom. The molecule has 0 unspecified atom stereocenters. The van der Waals surface area contributed by atoms with Crippen molar-refractivity contribution in [2.45, 2.75) is 0 Å². The molecule has 132 valence electrons. The van der Waals surface area contributed by atoms with E-state index in [1.807, 2.05) is 17.8 Å². The molecule has 1 aliphatic rings. The normalized spacial score (nSPS) is 16.5. The van der Waals surface area contributed by atoms with Gasteiger partial charge in [0.05, 0.1) is 26.0 Å². The fraction of sp³-hybridized carbons (Fsp3) is 0.211. The summed E-state index contributed by atoms with van der Waals surface area (Å²) in [5.74, 6) is 2.64. The topological polar surface area (TPSA) is 62.5 Å². The third-order valence-electron chi connectivity index (χ3n) is 4.53. The van der Waals surface area contributed by atoms with Crippen LogP contribution in [0.3, 0.4) is 0 Å². The number of hydrogen-bond donors (Lipinski definition) is 2. The first-order chi connectivity index (χ1) is 12.7. The van der Waals surface area contributed by atoms with E-state index in [-0.39, 0.29) is 0 Å². The number of fused-ring (bicyclic) bond motifs is 1. The van der Waals surface area contributed by atoms with Gasteiger partial charge in [-0.1, -0.05) is 18.2 Å². The number of aryl methyl sites for hydroxylation is 1. The summed E-state index contributed by atoms with van der Waals surface area (Å²) in [4.78, 5) is 0. The first-order valence-corrected chi connectivity index (χ1v) is 9.68. The van der Waals surface area contributed by atoms with Crippen molar-refractivity contribution in [1.82, 2.24) is 9.99 Å². The van der Waals surface area contributed by atoms with Crippen LogP contribution in [-0.4, -0.2) is 39.5 Å². The van der Waals surface area contributed by atoms with E-state index in [1.165, 1.54) is 11.3 Å². The molecule has 1 saturated heterocycles. The summed E-state index contributed by atoms with van der Waals surface area (Å²) in [6, 6.07) is 14.5. The molecular weight excluding hydrogens is 344 g/mol. The molecule has 2 aromatic heterocycles. The summed E-state index contributed by atoms with van der Waals surface area (Å²) < 4.78 is 6.40. The van der Waals surface area contributed by atoms with Crippen LogP contribution in [-0.2, 0) is 7.05 Å². The van der Waals surface area contributed by atoms with Crippen LogP contribution >= 0.6 is 11.8 Å². The Bertz CT molecular complexity index is 979. The molecule has 1 fully saturated rings. The van der Waals surface area contributed by atoms with E-state index in [0.717, 1.165) is 29.4 Å². The smallest absolute Gasteiger partial charge is 0.289 e. The first-order valence-electron chi connectivity index (χ1n) is 8.53. The highest BCUT2D eigenvalue weighted by Gasteiger charge is 2.15. The standard InChI is InChI=1S/C19H21N6S/c1-23-17(13-24-9-3-2-4-18(23)24)16-7-5-15(6-8-16)12-21-22-19(20)25-10-11-26-14-25/h2-9,12-13H,10-11,14H2,1H3,(H2,20,22)/q+1/p+1/b21-12+.